The molecular formula is C22H16ClNO4S. The van der Waals surface area contributed by atoms with Crippen LogP contribution in [-0.2, 0) is 11.3 Å². The molecule has 1 aliphatic rings. The number of rotatable bonds is 5. The third-order valence-electron chi connectivity index (χ3n) is 4.38. The summed E-state index contributed by atoms with van der Waals surface area (Å²) in [5, 5.41) is 0.258. The Hall–Kier alpha value is -2.96. The molecule has 29 heavy (non-hydrogen) atoms. The van der Waals surface area contributed by atoms with Gasteiger partial charge in [0.15, 0.2) is 0 Å². The molecule has 0 saturated carbocycles. The van der Waals surface area contributed by atoms with Crippen LogP contribution in [0.5, 0.6) is 5.75 Å². The lowest BCUT2D eigenvalue weighted by Crippen LogP contribution is -2.27. The Kier molecular flexibility index (Phi) is 5.47. The van der Waals surface area contributed by atoms with Gasteiger partial charge in [-0.15, -0.1) is 0 Å². The van der Waals surface area contributed by atoms with Crippen LogP contribution in [0.3, 0.4) is 0 Å². The third kappa shape index (κ3) is 4.09. The summed E-state index contributed by atoms with van der Waals surface area (Å²) in [4.78, 5) is 26.5. The molecule has 7 heteroatoms. The van der Waals surface area contributed by atoms with Crippen LogP contribution in [0.4, 0.5) is 4.79 Å². The van der Waals surface area contributed by atoms with E-state index in [9.17, 15) is 9.59 Å². The van der Waals surface area contributed by atoms with Gasteiger partial charge in [-0.1, -0.05) is 41.9 Å². The molecule has 1 aliphatic heterocycles. The highest BCUT2D eigenvalue weighted by Crippen LogP contribution is 2.36. The van der Waals surface area contributed by atoms with Crippen molar-refractivity contribution < 1.29 is 18.7 Å². The molecule has 2 heterocycles. The molecule has 3 aromatic rings. The summed E-state index contributed by atoms with van der Waals surface area (Å²) in [6.07, 6.45) is 1.58. The Morgan fingerprint density at radius 3 is 2.66 bits per heavy atom. The summed E-state index contributed by atoms with van der Waals surface area (Å²) >= 11 is 6.99. The van der Waals surface area contributed by atoms with Crippen molar-refractivity contribution in [2.75, 3.05) is 7.11 Å². The summed E-state index contributed by atoms with van der Waals surface area (Å²) in [5.41, 5.74) is 1.60. The second-order valence-corrected chi connectivity index (χ2v) is 7.73. The fourth-order valence-corrected chi connectivity index (χ4v) is 3.97. The maximum Gasteiger partial charge on any atom is 0.293 e. The Labute approximate surface area is 176 Å². The van der Waals surface area contributed by atoms with E-state index in [1.807, 2.05) is 30.3 Å². The number of halogens is 1. The lowest BCUT2D eigenvalue weighted by atomic mass is 10.1. The van der Waals surface area contributed by atoms with E-state index in [-0.39, 0.29) is 17.7 Å². The molecule has 5 nitrogen and oxygen atoms in total. The summed E-state index contributed by atoms with van der Waals surface area (Å²) in [6.45, 7) is 0.242. The SMILES string of the molecule is COc1ccc(Cl)cc1-c1ccc(/C=C2/SC(=O)N(Cc3ccccc3)C2=O)o1. The Balaban J connectivity index is 1.57. The van der Waals surface area contributed by atoms with E-state index < -0.39 is 0 Å². The number of ether oxygens (including phenoxy) is 1. The minimum Gasteiger partial charge on any atom is -0.496 e. The molecule has 0 spiro atoms. The number of amides is 2. The molecule has 0 atom stereocenters. The van der Waals surface area contributed by atoms with Gasteiger partial charge in [0.2, 0.25) is 0 Å². The van der Waals surface area contributed by atoms with Crippen LogP contribution >= 0.6 is 23.4 Å². The Bertz CT molecular complexity index is 1110. The highest BCUT2D eigenvalue weighted by atomic mass is 35.5. The van der Waals surface area contributed by atoms with Crippen LogP contribution in [0.2, 0.25) is 5.02 Å². The zero-order valence-electron chi connectivity index (χ0n) is 15.4. The fourth-order valence-electron chi connectivity index (χ4n) is 2.98. The van der Waals surface area contributed by atoms with Crippen molar-refractivity contribution in [3.05, 3.63) is 81.9 Å². The van der Waals surface area contributed by atoms with Crippen LogP contribution in [0, 0.1) is 0 Å². The minimum atomic E-state index is -0.331. The molecular weight excluding hydrogens is 410 g/mol. The number of hydrogen-bond donors (Lipinski definition) is 0. The van der Waals surface area contributed by atoms with E-state index in [2.05, 4.69) is 0 Å². The highest BCUT2D eigenvalue weighted by Gasteiger charge is 2.35. The number of thioether (sulfide) groups is 1. The van der Waals surface area contributed by atoms with Crippen molar-refractivity contribution in [1.82, 2.24) is 4.90 Å². The normalized spacial score (nSPS) is 15.4. The first kappa shape index (κ1) is 19.4. The number of carbonyl (C=O) groups is 2. The minimum absolute atomic E-state index is 0.242. The van der Waals surface area contributed by atoms with Gasteiger partial charge in [-0.25, -0.2) is 0 Å². The number of furan rings is 1. The highest BCUT2D eigenvalue weighted by molar-refractivity contribution is 8.18. The monoisotopic (exact) mass is 425 g/mol. The van der Waals surface area contributed by atoms with Crippen molar-refractivity contribution >= 4 is 40.6 Å². The first-order valence-electron chi connectivity index (χ1n) is 8.78. The molecule has 0 aliphatic carbocycles. The molecule has 0 radical (unpaired) electrons. The smallest absolute Gasteiger partial charge is 0.293 e. The second-order valence-electron chi connectivity index (χ2n) is 6.30. The zero-order chi connectivity index (χ0) is 20.4. The lowest BCUT2D eigenvalue weighted by Gasteiger charge is -2.11. The van der Waals surface area contributed by atoms with Gasteiger partial charge in [0.1, 0.15) is 17.3 Å². The average molecular weight is 426 g/mol. The molecule has 1 saturated heterocycles. The Morgan fingerprint density at radius 1 is 1.10 bits per heavy atom. The van der Waals surface area contributed by atoms with Crippen LogP contribution in [0.25, 0.3) is 17.4 Å². The molecule has 4 rings (SSSR count). The summed E-state index contributed by atoms with van der Waals surface area (Å²) in [7, 11) is 1.57. The van der Waals surface area contributed by atoms with E-state index >= 15 is 0 Å². The Morgan fingerprint density at radius 2 is 1.90 bits per heavy atom. The molecule has 0 bridgehead atoms. The maximum absolute atomic E-state index is 12.7. The van der Waals surface area contributed by atoms with Gasteiger partial charge in [0.25, 0.3) is 11.1 Å². The van der Waals surface area contributed by atoms with E-state index in [0.717, 1.165) is 17.3 Å². The van der Waals surface area contributed by atoms with Crippen molar-refractivity contribution in [3.63, 3.8) is 0 Å². The van der Waals surface area contributed by atoms with Gasteiger partial charge >= 0.3 is 0 Å². The van der Waals surface area contributed by atoms with Crippen molar-refractivity contribution in [3.8, 4) is 17.1 Å². The number of benzene rings is 2. The van der Waals surface area contributed by atoms with Crippen molar-refractivity contribution in [2.45, 2.75) is 6.54 Å². The fraction of sp³-hybridized carbons (Fsp3) is 0.0909. The maximum atomic E-state index is 12.7. The van der Waals surface area contributed by atoms with Gasteiger partial charge in [-0.3, -0.25) is 14.5 Å². The number of nitrogens with zero attached hydrogens (tertiary/aromatic N) is 1. The van der Waals surface area contributed by atoms with Crippen LogP contribution in [-0.4, -0.2) is 23.2 Å². The molecule has 0 N–H and O–H groups in total. The van der Waals surface area contributed by atoms with Crippen LogP contribution < -0.4 is 4.74 Å². The average Bonchev–Trinajstić information content (AvgIpc) is 3.29. The predicted molar refractivity (Wildman–Crippen MR) is 114 cm³/mol. The molecule has 0 unspecified atom stereocenters. The molecule has 2 amide bonds. The largest absolute Gasteiger partial charge is 0.496 e. The summed E-state index contributed by atoms with van der Waals surface area (Å²) in [6, 6.07) is 18.1. The summed E-state index contributed by atoms with van der Waals surface area (Å²) in [5.74, 6) is 1.31. The molecule has 146 valence electrons. The summed E-state index contributed by atoms with van der Waals surface area (Å²) < 4.78 is 11.2. The number of imide groups is 1. The van der Waals surface area contributed by atoms with Gasteiger partial charge < -0.3 is 9.15 Å². The third-order valence-corrected chi connectivity index (χ3v) is 5.53. The number of methoxy groups -OCH3 is 1. The molecule has 2 aromatic carbocycles. The quantitative estimate of drug-likeness (QED) is 0.480. The van der Waals surface area contributed by atoms with Gasteiger partial charge in [0.05, 0.1) is 24.1 Å². The molecule has 1 aromatic heterocycles. The van der Waals surface area contributed by atoms with Crippen LogP contribution in [0.15, 0.2) is 70.0 Å². The first-order chi connectivity index (χ1) is 14.0. The van der Waals surface area contributed by atoms with E-state index in [1.165, 1.54) is 4.90 Å². The lowest BCUT2D eigenvalue weighted by molar-refractivity contribution is -0.123. The predicted octanol–water partition coefficient (Wildman–Crippen LogP) is 5.85. The van der Waals surface area contributed by atoms with Gasteiger partial charge in [0, 0.05) is 11.1 Å². The first-order valence-corrected chi connectivity index (χ1v) is 9.97. The number of carbonyl (C=O) groups excluding carboxylic acids is 2. The van der Waals surface area contributed by atoms with E-state index in [0.29, 0.717) is 32.8 Å². The van der Waals surface area contributed by atoms with Crippen molar-refractivity contribution in [1.29, 1.82) is 0 Å². The number of hydrogen-bond acceptors (Lipinski definition) is 5. The van der Waals surface area contributed by atoms with Crippen LogP contribution in [0.1, 0.15) is 11.3 Å². The van der Waals surface area contributed by atoms with Gasteiger partial charge in [-0.05, 0) is 47.7 Å². The topological polar surface area (TPSA) is 59.8 Å². The van der Waals surface area contributed by atoms with Crippen molar-refractivity contribution in [2.24, 2.45) is 0 Å². The van der Waals surface area contributed by atoms with Gasteiger partial charge in [-0.2, -0.15) is 0 Å². The molecule has 1 fully saturated rings. The van der Waals surface area contributed by atoms with E-state index in [1.54, 1.807) is 43.5 Å². The second kappa shape index (κ2) is 8.19. The van der Waals surface area contributed by atoms with E-state index in [4.69, 9.17) is 20.8 Å². The standard InChI is InChI=1S/C22H16ClNO4S/c1-27-18-9-7-15(23)11-17(18)19-10-8-16(28-19)12-20-21(25)24(22(26)29-20)13-14-5-3-2-4-6-14/h2-12H,13H2,1H3/b20-12+. The zero-order valence-corrected chi connectivity index (χ0v) is 17.0.